The molecule has 0 saturated carbocycles. The van der Waals surface area contributed by atoms with Crippen LogP contribution in [-0.2, 0) is 11.2 Å². The average molecular weight is 308 g/mol. The van der Waals surface area contributed by atoms with E-state index in [9.17, 15) is 4.79 Å². The van der Waals surface area contributed by atoms with E-state index in [2.05, 4.69) is 15.5 Å². The van der Waals surface area contributed by atoms with E-state index in [0.717, 1.165) is 12.0 Å². The molecule has 6 heteroatoms. The maximum atomic E-state index is 11.7. The van der Waals surface area contributed by atoms with Gasteiger partial charge in [0.2, 0.25) is 17.6 Å². The van der Waals surface area contributed by atoms with Crippen LogP contribution in [0.5, 0.6) is 0 Å². The van der Waals surface area contributed by atoms with Gasteiger partial charge in [0.25, 0.3) is 0 Å². The zero-order valence-electron chi connectivity index (χ0n) is 12.1. The maximum absolute atomic E-state index is 11.7. The monoisotopic (exact) mass is 307 g/mol. The van der Waals surface area contributed by atoms with Crippen LogP contribution in [-0.4, -0.2) is 22.1 Å². The largest absolute Gasteiger partial charge is 0.354 e. The molecule has 0 bridgehead atoms. The fourth-order valence-corrected chi connectivity index (χ4v) is 2.00. The summed E-state index contributed by atoms with van der Waals surface area (Å²) in [6.07, 6.45) is 1.65. The van der Waals surface area contributed by atoms with Gasteiger partial charge < -0.3 is 9.84 Å². The summed E-state index contributed by atoms with van der Waals surface area (Å²) < 4.78 is 5.16. The lowest BCUT2D eigenvalue weighted by atomic mass is 10.2. The molecule has 0 saturated heterocycles. The number of carbonyl (C=O) groups is 1. The first-order chi connectivity index (χ1) is 10.1. The molecule has 112 valence electrons. The van der Waals surface area contributed by atoms with Gasteiger partial charge in [-0.2, -0.15) is 4.98 Å². The van der Waals surface area contributed by atoms with Crippen LogP contribution in [0.2, 0.25) is 5.02 Å². The molecule has 0 unspecified atom stereocenters. The highest BCUT2D eigenvalue weighted by Gasteiger charge is 2.13. The Morgan fingerprint density at radius 1 is 1.43 bits per heavy atom. The maximum Gasteiger partial charge on any atom is 0.227 e. The highest BCUT2D eigenvalue weighted by molar-refractivity contribution is 6.33. The number of benzene rings is 1. The molecule has 1 amide bonds. The first-order valence-corrected chi connectivity index (χ1v) is 7.34. The predicted octanol–water partition coefficient (Wildman–Crippen LogP) is 3.24. The van der Waals surface area contributed by atoms with Gasteiger partial charge in [-0.3, -0.25) is 4.79 Å². The van der Waals surface area contributed by atoms with Gasteiger partial charge in [0.1, 0.15) is 0 Å². The molecule has 0 fully saturated rings. The molecule has 21 heavy (non-hydrogen) atoms. The molecule has 0 aliphatic carbocycles. The number of aryl methyl sites for hydroxylation is 1. The van der Waals surface area contributed by atoms with Crippen molar-refractivity contribution in [1.29, 1.82) is 0 Å². The summed E-state index contributed by atoms with van der Waals surface area (Å²) in [7, 11) is 0. The molecule has 1 N–H and O–H groups in total. The molecule has 1 aromatic heterocycles. The van der Waals surface area contributed by atoms with Crippen molar-refractivity contribution in [2.45, 2.75) is 39.2 Å². The summed E-state index contributed by atoms with van der Waals surface area (Å²) in [5.74, 6) is 0.865. The zero-order valence-corrected chi connectivity index (χ0v) is 12.9. The highest BCUT2D eigenvalue weighted by Crippen LogP contribution is 2.24. The number of aromatic nitrogens is 2. The van der Waals surface area contributed by atoms with Crippen molar-refractivity contribution in [3.05, 3.63) is 35.2 Å². The quantitative estimate of drug-likeness (QED) is 0.889. The first-order valence-electron chi connectivity index (χ1n) is 6.97. The molecular weight excluding hydrogens is 290 g/mol. The van der Waals surface area contributed by atoms with E-state index in [1.54, 1.807) is 6.07 Å². The van der Waals surface area contributed by atoms with E-state index in [1.165, 1.54) is 0 Å². The van der Waals surface area contributed by atoms with Crippen LogP contribution in [0.25, 0.3) is 11.4 Å². The Hall–Kier alpha value is -1.88. The standard InChI is InChI=1S/C15H18ClN3O2/c1-3-10(2)17-13(20)8-9-14-18-15(19-21-14)11-6-4-5-7-12(11)16/h4-7,10H,3,8-9H2,1-2H3,(H,17,20)/t10-/m0/s1. The van der Waals surface area contributed by atoms with Crippen LogP contribution < -0.4 is 5.32 Å². The Balaban J connectivity index is 1.95. The van der Waals surface area contributed by atoms with Crippen LogP contribution in [0, 0.1) is 0 Å². The zero-order chi connectivity index (χ0) is 15.2. The van der Waals surface area contributed by atoms with E-state index in [0.29, 0.717) is 29.6 Å². The van der Waals surface area contributed by atoms with Crippen molar-refractivity contribution >= 4 is 17.5 Å². The van der Waals surface area contributed by atoms with Gasteiger partial charge in [0, 0.05) is 24.4 Å². The molecule has 1 atom stereocenters. The molecule has 0 aliphatic rings. The highest BCUT2D eigenvalue weighted by atomic mass is 35.5. The van der Waals surface area contributed by atoms with E-state index in [4.69, 9.17) is 16.1 Å². The summed E-state index contributed by atoms with van der Waals surface area (Å²) in [6.45, 7) is 4.00. The van der Waals surface area contributed by atoms with Crippen LogP contribution in [0.4, 0.5) is 0 Å². The molecule has 2 aromatic rings. The van der Waals surface area contributed by atoms with Gasteiger partial charge >= 0.3 is 0 Å². The third-order valence-electron chi connectivity index (χ3n) is 3.17. The molecule has 0 spiro atoms. The van der Waals surface area contributed by atoms with E-state index >= 15 is 0 Å². The lowest BCUT2D eigenvalue weighted by Crippen LogP contribution is -2.32. The number of amides is 1. The molecule has 5 nitrogen and oxygen atoms in total. The van der Waals surface area contributed by atoms with Gasteiger partial charge in [-0.25, -0.2) is 0 Å². The number of hydrogen-bond acceptors (Lipinski definition) is 4. The van der Waals surface area contributed by atoms with E-state index < -0.39 is 0 Å². The van der Waals surface area contributed by atoms with Gasteiger partial charge in [0.15, 0.2) is 0 Å². The fraction of sp³-hybridized carbons (Fsp3) is 0.400. The molecule has 2 rings (SSSR count). The van der Waals surface area contributed by atoms with Crippen LogP contribution in [0.3, 0.4) is 0 Å². The normalized spacial score (nSPS) is 12.1. The summed E-state index contributed by atoms with van der Waals surface area (Å²) >= 11 is 6.08. The Labute approximate surface area is 128 Å². The number of rotatable bonds is 6. The number of nitrogens with zero attached hydrogens (tertiary/aromatic N) is 2. The van der Waals surface area contributed by atoms with Crippen molar-refractivity contribution in [3.63, 3.8) is 0 Å². The van der Waals surface area contributed by atoms with Gasteiger partial charge in [-0.1, -0.05) is 35.8 Å². The third kappa shape index (κ3) is 4.29. The van der Waals surface area contributed by atoms with Crippen molar-refractivity contribution < 1.29 is 9.32 Å². The third-order valence-corrected chi connectivity index (χ3v) is 3.50. The smallest absolute Gasteiger partial charge is 0.227 e. The average Bonchev–Trinajstić information content (AvgIpc) is 2.94. The van der Waals surface area contributed by atoms with Gasteiger partial charge in [-0.15, -0.1) is 0 Å². The Morgan fingerprint density at radius 2 is 2.19 bits per heavy atom. The van der Waals surface area contributed by atoms with Crippen molar-refractivity contribution in [2.75, 3.05) is 0 Å². The fourth-order valence-electron chi connectivity index (χ4n) is 1.78. The molecule has 0 aliphatic heterocycles. The number of hydrogen-bond donors (Lipinski definition) is 1. The summed E-state index contributed by atoms with van der Waals surface area (Å²) in [5, 5.41) is 7.37. The van der Waals surface area contributed by atoms with Crippen LogP contribution in [0.1, 0.15) is 32.6 Å². The van der Waals surface area contributed by atoms with Gasteiger partial charge in [0.05, 0.1) is 5.02 Å². The van der Waals surface area contributed by atoms with E-state index in [1.807, 2.05) is 32.0 Å². The second-order valence-corrected chi connectivity index (χ2v) is 5.28. The Morgan fingerprint density at radius 3 is 2.90 bits per heavy atom. The summed E-state index contributed by atoms with van der Waals surface area (Å²) in [5.41, 5.74) is 0.721. The molecule has 1 aromatic carbocycles. The number of carbonyl (C=O) groups excluding carboxylic acids is 1. The molecular formula is C15H18ClN3O2. The first kappa shape index (κ1) is 15.5. The van der Waals surface area contributed by atoms with Crippen molar-refractivity contribution in [1.82, 2.24) is 15.5 Å². The van der Waals surface area contributed by atoms with E-state index in [-0.39, 0.29) is 11.9 Å². The number of nitrogens with one attached hydrogen (secondary N) is 1. The lowest BCUT2D eigenvalue weighted by molar-refractivity contribution is -0.121. The van der Waals surface area contributed by atoms with Crippen molar-refractivity contribution in [2.24, 2.45) is 0 Å². The second kappa shape index (κ2) is 7.22. The minimum Gasteiger partial charge on any atom is -0.354 e. The topological polar surface area (TPSA) is 68.0 Å². The second-order valence-electron chi connectivity index (χ2n) is 4.87. The Bertz CT molecular complexity index is 612. The lowest BCUT2D eigenvalue weighted by Gasteiger charge is -2.10. The molecule has 1 heterocycles. The minimum atomic E-state index is -0.0122. The predicted molar refractivity (Wildman–Crippen MR) is 81.0 cm³/mol. The summed E-state index contributed by atoms with van der Waals surface area (Å²) in [4.78, 5) is 16.0. The van der Waals surface area contributed by atoms with Crippen LogP contribution in [0.15, 0.2) is 28.8 Å². The number of halogens is 1. The Kier molecular flexibility index (Phi) is 5.33. The minimum absolute atomic E-state index is 0.0122. The SMILES string of the molecule is CC[C@H](C)NC(=O)CCc1nc(-c2ccccc2Cl)no1. The van der Waals surface area contributed by atoms with Crippen LogP contribution >= 0.6 is 11.6 Å². The summed E-state index contributed by atoms with van der Waals surface area (Å²) in [6, 6.07) is 7.47. The molecule has 0 radical (unpaired) electrons. The van der Waals surface area contributed by atoms with Gasteiger partial charge in [-0.05, 0) is 25.5 Å². The van der Waals surface area contributed by atoms with Crippen molar-refractivity contribution in [3.8, 4) is 11.4 Å².